The number of aromatic amines is 1. The molecule has 8 nitrogen and oxygen atoms in total. The van der Waals surface area contributed by atoms with Gasteiger partial charge in [0.05, 0.1) is 13.2 Å². The number of halogens is 1. The van der Waals surface area contributed by atoms with E-state index in [0.717, 1.165) is 40.0 Å². The third-order valence-electron chi connectivity index (χ3n) is 6.36. The highest BCUT2D eigenvalue weighted by atomic mass is 35.5. The zero-order chi connectivity index (χ0) is 24.5. The molecule has 0 aliphatic carbocycles. The van der Waals surface area contributed by atoms with Gasteiger partial charge in [0.2, 0.25) is 0 Å². The fraction of sp³-hybridized carbons (Fsp3) is 0.308. The average Bonchev–Trinajstić information content (AvgIpc) is 3.37. The second-order valence-electron chi connectivity index (χ2n) is 8.60. The van der Waals surface area contributed by atoms with Crippen LogP contribution in [-0.4, -0.2) is 45.5 Å². The number of rotatable bonds is 6. The van der Waals surface area contributed by atoms with Crippen LogP contribution in [0.2, 0.25) is 5.02 Å². The summed E-state index contributed by atoms with van der Waals surface area (Å²) >= 11 is 6.28. The molecule has 3 N–H and O–H groups in total. The topological polar surface area (TPSA) is 98.4 Å². The van der Waals surface area contributed by atoms with Crippen molar-refractivity contribution in [3.05, 3.63) is 76.1 Å². The van der Waals surface area contributed by atoms with Crippen LogP contribution in [0.1, 0.15) is 35.5 Å². The van der Waals surface area contributed by atoms with Crippen LogP contribution in [0.3, 0.4) is 0 Å². The van der Waals surface area contributed by atoms with Crippen molar-refractivity contribution in [2.24, 2.45) is 0 Å². The van der Waals surface area contributed by atoms with E-state index in [-0.39, 0.29) is 12.1 Å². The molecule has 0 bridgehead atoms. The lowest BCUT2D eigenvalue weighted by molar-refractivity contribution is 0.0932. The van der Waals surface area contributed by atoms with Gasteiger partial charge in [-0.15, -0.1) is 0 Å². The van der Waals surface area contributed by atoms with Gasteiger partial charge in [-0.05, 0) is 61.7 Å². The number of amides is 1. The Balaban J connectivity index is 1.41. The van der Waals surface area contributed by atoms with E-state index in [2.05, 4.69) is 10.1 Å². The number of carbonyl (C=O) groups excluding carboxylic acids is 1. The summed E-state index contributed by atoms with van der Waals surface area (Å²) in [6, 6.07) is 15.2. The van der Waals surface area contributed by atoms with Crippen molar-refractivity contribution in [2.75, 3.05) is 25.5 Å². The quantitative estimate of drug-likeness (QED) is 0.389. The molecule has 0 radical (unpaired) electrons. The largest absolute Gasteiger partial charge is 0.492 e. The lowest BCUT2D eigenvalue weighted by Crippen LogP contribution is -2.40. The molecule has 5 rings (SSSR count). The number of aromatic nitrogens is 3. The normalized spacial score (nSPS) is 15.3. The molecule has 1 amide bonds. The number of nitrogens with one attached hydrogen (secondary N) is 1. The third-order valence-corrected chi connectivity index (χ3v) is 6.59. The van der Waals surface area contributed by atoms with Gasteiger partial charge >= 0.3 is 6.09 Å². The number of nitrogens with zero attached hydrogens (tertiary/aromatic N) is 3. The van der Waals surface area contributed by atoms with E-state index in [1.54, 1.807) is 4.90 Å². The minimum Gasteiger partial charge on any atom is -0.492 e. The fourth-order valence-electron chi connectivity index (χ4n) is 4.77. The van der Waals surface area contributed by atoms with E-state index < -0.39 is 0 Å². The molecule has 2 aromatic carbocycles. The van der Waals surface area contributed by atoms with Crippen molar-refractivity contribution in [1.82, 2.24) is 19.7 Å². The van der Waals surface area contributed by atoms with Crippen molar-refractivity contribution in [2.45, 2.75) is 32.9 Å². The van der Waals surface area contributed by atoms with Gasteiger partial charge in [0.1, 0.15) is 24.2 Å². The molecule has 1 unspecified atom stereocenters. The molecule has 4 aromatic rings. The lowest BCUT2D eigenvalue weighted by atomic mass is 9.92. The highest BCUT2D eigenvalue weighted by Gasteiger charge is 2.35. The Morgan fingerprint density at radius 2 is 2.03 bits per heavy atom. The molecule has 9 heteroatoms. The number of anilines is 1. The number of ether oxygens (including phenoxy) is 2. The van der Waals surface area contributed by atoms with Gasteiger partial charge in [-0.25, -0.2) is 4.79 Å². The van der Waals surface area contributed by atoms with Gasteiger partial charge in [-0.1, -0.05) is 23.7 Å². The predicted octanol–water partition coefficient (Wildman–Crippen LogP) is 5.09. The number of benzene rings is 2. The van der Waals surface area contributed by atoms with Crippen LogP contribution < -0.4 is 10.5 Å². The molecule has 1 aliphatic heterocycles. The number of nitrogens with two attached hydrogens (primary N) is 1. The van der Waals surface area contributed by atoms with Crippen molar-refractivity contribution in [1.29, 1.82) is 0 Å². The summed E-state index contributed by atoms with van der Waals surface area (Å²) in [6.45, 7) is 5.73. The van der Waals surface area contributed by atoms with E-state index in [4.69, 9.17) is 26.8 Å². The van der Waals surface area contributed by atoms with Crippen molar-refractivity contribution in [3.8, 4) is 5.75 Å². The summed E-state index contributed by atoms with van der Waals surface area (Å²) in [5.74, 6) is 1.25. The van der Waals surface area contributed by atoms with E-state index in [0.29, 0.717) is 37.1 Å². The second-order valence-corrected chi connectivity index (χ2v) is 9.04. The first-order chi connectivity index (χ1) is 16.9. The maximum atomic E-state index is 12.9. The Kier molecular flexibility index (Phi) is 6.30. The fourth-order valence-corrected chi connectivity index (χ4v) is 4.94. The Labute approximate surface area is 208 Å². The Bertz CT molecular complexity index is 1360. The molecule has 0 saturated heterocycles. The van der Waals surface area contributed by atoms with Gasteiger partial charge < -0.3 is 20.2 Å². The molecular formula is C26H28ClN5O3. The lowest BCUT2D eigenvalue weighted by Gasteiger charge is -2.35. The number of fused-ring (bicyclic) bond motifs is 3. The monoisotopic (exact) mass is 493 g/mol. The summed E-state index contributed by atoms with van der Waals surface area (Å²) in [5.41, 5.74) is 10.9. The number of hydrogen-bond donors (Lipinski definition) is 2. The van der Waals surface area contributed by atoms with Crippen LogP contribution in [-0.2, 0) is 17.7 Å². The Morgan fingerprint density at radius 3 is 2.74 bits per heavy atom. The number of hydrogen-bond acceptors (Lipinski definition) is 5. The maximum Gasteiger partial charge on any atom is 0.410 e. The molecule has 35 heavy (non-hydrogen) atoms. The van der Waals surface area contributed by atoms with E-state index in [1.807, 2.05) is 67.1 Å². The first-order valence-corrected chi connectivity index (χ1v) is 12.1. The van der Waals surface area contributed by atoms with E-state index in [1.165, 1.54) is 5.56 Å². The second kappa shape index (κ2) is 9.54. The van der Waals surface area contributed by atoms with Crippen molar-refractivity contribution >= 4 is 34.4 Å². The number of carbonyl (C=O) groups is 1. The highest BCUT2D eigenvalue weighted by molar-refractivity contribution is 6.31. The summed E-state index contributed by atoms with van der Waals surface area (Å²) in [7, 11) is 0. The van der Waals surface area contributed by atoms with Crippen LogP contribution in [0.25, 0.3) is 10.9 Å². The van der Waals surface area contributed by atoms with Crippen LogP contribution in [0.5, 0.6) is 5.75 Å². The Hall–Kier alpha value is -3.65. The van der Waals surface area contributed by atoms with Crippen molar-refractivity contribution < 1.29 is 14.3 Å². The van der Waals surface area contributed by atoms with E-state index in [9.17, 15) is 4.79 Å². The van der Waals surface area contributed by atoms with Gasteiger partial charge in [0, 0.05) is 39.9 Å². The van der Waals surface area contributed by atoms with Crippen LogP contribution in [0.15, 0.2) is 48.5 Å². The summed E-state index contributed by atoms with van der Waals surface area (Å²) in [5, 5.41) is 6.04. The van der Waals surface area contributed by atoms with Crippen LogP contribution >= 0.6 is 11.6 Å². The summed E-state index contributed by atoms with van der Waals surface area (Å²) in [4.78, 5) is 18.2. The van der Waals surface area contributed by atoms with Crippen LogP contribution in [0.4, 0.5) is 10.6 Å². The van der Waals surface area contributed by atoms with Gasteiger partial charge in [0.25, 0.3) is 0 Å². The van der Waals surface area contributed by atoms with Crippen molar-refractivity contribution in [3.63, 3.8) is 0 Å². The molecule has 182 valence electrons. The summed E-state index contributed by atoms with van der Waals surface area (Å²) in [6.07, 6.45) is 0.401. The number of H-pyrrole nitrogens is 1. The van der Waals surface area contributed by atoms with Gasteiger partial charge in [-0.2, -0.15) is 5.10 Å². The predicted molar refractivity (Wildman–Crippen MR) is 136 cm³/mol. The number of aryl methyl sites for hydroxylation is 1. The summed E-state index contributed by atoms with van der Waals surface area (Å²) < 4.78 is 13.1. The molecule has 1 aliphatic rings. The standard InChI is InChI=1S/C26H28ClN5O3/c1-3-34-26(33)31-11-10-20-21-15-18(27)6-9-22(21)29-24(20)25(31)17-4-7-19(8-5-17)35-13-12-32-16(2)14-23(28)30-32/h4-9,14-15,25,29H,3,10-13H2,1-2H3,(H2,28,30). The molecule has 0 saturated carbocycles. The molecule has 0 fully saturated rings. The zero-order valence-corrected chi connectivity index (χ0v) is 20.5. The van der Waals surface area contributed by atoms with Gasteiger partial charge in [-0.3, -0.25) is 9.58 Å². The zero-order valence-electron chi connectivity index (χ0n) is 19.8. The van der Waals surface area contributed by atoms with Crippen LogP contribution in [0, 0.1) is 6.92 Å². The maximum absolute atomic E-state index is 12.9. The minimum absolute atomic E-state index is 0.298. The molecular weight excluding hydrogens is 466 g/mol. The number of nitrogen functional groups attached to an aromatic ring is 1. The highest BCUT2D eigenvalue weighted by Crippen LogP contribution is 2.39. The molecule has 0 spiro atoms. The minimum atomic E-state index is -0.325. The van der Waals surface area contributed by atoms with E-state index >= 15 is 0 Å². The molecule has 1 atom stereocenters. The third kappa shape index (κ3) is 4.53. The Morgan fingerprint density at radius 1 is 1.23 bits per heavy atom. The first-order valence-electron chi connectivity index (χ1n) is 11.7. The SMILES string of the molecule is CCOC(=O)N1CCc2c([nH]c3ccc(Cl)cc23)C1c1ccc(OCCn2nc(N)cc2C)cc1. The smallest absolute Gasteiger partial charge is 0.410 e. The molecule has 2 aromatic heterocycles. The molecule has 3 heterocycles. The average molecular weight is 494 g/mol. The van der Waals surface area contributed by atoms with Gasteiger partial charge in [0.15, 0.2) is 0 Å². The first kappa shape index (κ1) is 23.1.